The Kier molecular flexibility index (Phi) is 6.34. The van der Waals surface area contributed by atoms with E-state index in [-0.39, 0.29) is 18.4 Å². The number of rotatable bonds is 6. The van der Waals surface area contributed by atoms with E-state index < -0.39 is 29.7 Å². The Morgan fingerprint density at radius 2 is 1.83 bits per heavy atom. The van der Waals surface area contributed by atoms with Crippen LogP contribution in [0.2, 0.25) is 0 Å². The molecular formula is C17H23NO6. The van der Waals surface area contributed by atoms with Gasteiger partial charge in [0.1, 0.15) is 5.60 Å². The van der Waals surface area contributed by atoms with Crippen molar-refractivity contribution in [2.45, 2.75) is 52.2 Å². The van der Waals surface area contributed by atoms with Gasteiger partial charge < -0.3 is 20.3 Å². The predicted molar refractivity (Wildman–Crippen MR) is 87.3 cm³/mol. The van der Waals surface area contributed by atoms with E-state index in [0.29, 0.717) is 5.56 Å². The zero-order valence-electron chi connectivity index (χ0n) is 14.3. The molecule has 0 unspecified atom stereocenters. The quantitative estimate of drug-likeness (QED) is 0.735. The van der Waals surface area contributed by atoms with Crippen LogP contribution >= 0.6 is 0 Å². The molecule has 24 heavy (non-hydrogen) atoms. The zero-order chi connectivity index (χ0) is 18.5. The highest BCUT2D eigenvalue weighted by Crippen LogP contribution is 2.16. The van der Waals surface area contributed by atoms with E-state index in [1.807, 2.05) is 0 Å². The smallest absolute Gasteiger partial charge is 0.407 e. The van der Waals surface area contributed by atoms with Gasteiger partial charge in [0.15, 0.2) is 0 Å². The lowest BCUT2D eigenvalue weighted by Crippen LogP contribution is -2.41. The van der Waals surface area contributed by atoms with Crippen molar-refractivity contribution in [1.82, 2.24) is 5.32 Å². The minimum atomic E-state index is -1.07. The molecule has 0 heterocycles. The van der Waals surface area contributed by atoms with Crippen molar-refractivity contribution in [2.24, 2.45) is 0 Å². The fourth-order valence-corrected chi connectivity index (χ4v) is 2.15. The van der Waals surface area contributed by atoms with E-state index in [1.165, 1.54) is 12.1 Å². The lowest BCUT2D eigenvalue weighted by molar-refractivity contribution is -0.137. The zero-order valence-corrected chi connectivity index (χ0v) is 14.3. The maximum atomic E-state index is 11.9. The molecule has 3 N–H and O–H groups in total. The standard InChI is InChI=1S/C17H23NO6/c1-10-5-6-11(15(21)22)7-12(10)8-13(9-14(19)20)18-16(23)24-17(2,3)4/h5-7,13H,8-9H2,1-4H3,(H,18,23)(H,19,20)(H,21,22)/t13-/m0/s1. The summed E-state index contributed by atoms with van der Waals surface area (Å²) < 4.78 is 5.14. The number of carboxylic acid groups (broad SMARTS) is 2. The normalized spacial score (nSPS) is 12.3. The van der Waals surface area contributed by atoms with Gasteiger partial charge in [-0.1, -0.05) is 6.07 Å². The maximum Gasteiger partial charge on any atom is 0.407 e. The van der Waals surface area contributed by atoms with Gasteiger partial charge in [0.05, 0.1) is 12.0 Å². The summed E-state index contributed by atoms with van der Waals surface area (Å²) in [5, 5.41) is 20.6. The van der Waals surface area contributed by atoms with Crippen molar-refractivity contribution in [3.8, 4) is 0 Å². The minimum absolute atomic E-state index is 0.113. The number of carboxylic acids is 2. The van der Waals surface area contributed by atoms with Crippen molar-refractivity contribution in [3.05, 3.63) is 34.9 Å². The molecule has 0 spiro atoms. The predicted octanol–water partition coefficient (Wildman–Crippen LogP) is 2.60. The first-order valence-corrected chi connectivity index (χ1v) is 7.52. The van der Waals surface area contributed by atoms with Crippen LogP contribution in [0.3, 0.4) is 0 Å². The van der Waals surface area contributed by atoms with Crippen molar-refractivity contribution in [1.29, 1.82) is 0 Å². The topological polar surface area (TPSA) is 113 Å². The van der Waals surface area contributed by atoms with Gasteiger partial charge in [0.2, 0.25) is 0 Å². The van der Waals surface area contributed by atoms with Crippen LogP contribution in [0.15, 0.2) is 18.2 Å². The number of aryl methyl sites for hydroxylation is 1. The first-order chi connectivity index (χ1) is 11.0. The molecule has 0 saturated heterocycles. The second-order valence-electron chi connectivity index (χ2n) is 6.59. The molecule has 1 aromatic carbocycles. The van der Waals surface area contributed by atoms with Gasteiger partial charge in [-0.15, -0.1) is 0 Å². The molecule has 0 aliphatic rings. The van der Waals surface area contributed by atoms with Crippen LogP contribution < -0.4 is 5.32 Å². The Labute approximate surface area is 140 Å². The lowest BCUT2D eigenvalue weighted by atomic mass is 9.97. The first kappa shape index (κ1) is 19.5. The number of carbonyl (C=O) groups excluding carboxylic acids is 1. The van der Waals surface area contributed by atoms with Crippen LogP contribution in [-0.4, -0.2) is 39.9 Å². The average molecular weight is 337 g/mol. The second kappa shape index (κ2) is 7.81. The molecule has 0 aliphatic heterocycles. The highest BCUT2D eigenvalue weighted by atomic mass is 16.6. The van der Waals surface area contributed by atoms with Crippen LogP contribution in [0.4, 0.5) is 4.79 Å². The number of carbonyl (C=O) groups is 3. The number of aliphatic carboxylic acids is 1. The third kappa shape index (κ3) is 6.68. The molecule has 1 atom stereocenters. The van der Waals surface area contributed by atoms with E-state index in [9.17, 15) is 14.4 Å². The van der Waals surface area contributed by atoms with Crippen LogP contribution in [0.1, 0.15) is 48.7 Å². The van der Waals surface area contributed by atoms with Crippen molar-refractivity contribution < 1.29 is 29.3 Å². The number of aromatic carboxylic acids is 1. The fraction of sp³-hybridized carbons (Fsp3) is 0.471. The summed E-state index contributed by atoms with van der Waals surface area (Å²) in [7, 11) is 0. The summed E-state index contributed by atoms with van der Waals surface area (Å²) in [5.74, 6) is -2.13. The van der Waals surface area contributed by atoms with Crippen molar-refractivity contribution in [3.63, 3.8) is 0 Å². The Hall–Kier alpha value is -2.57. The molecule has 0 aliphatic carbocycles. The molecule has 1 aromatic rings. The second-order valence-corrected chi connectivity index (χ2v) is 6.59. The van der Waals surface area contributed by atoms with Gasteiger partial charge >= 0.3 is 18.0 Å². The molecule has 0 aromatic heterocycles. The monoisotopic (exact) mass is 337 g/mol. The lowest BCUT2D eigenvalue weighted by Gasteiger charge is -2.23. The van der Waals surface area contributed by atoms with Crippen molar-refractivity contribution in [2.75, 3.05) is 0 Å². The number of benzene rings is 1. The fourth-order valence-electron chi connectivity index (χ4n) is 2.15. The number of nitrogens with one attached hydrogen (secondary N) is 1. The molecule has 1 amide bonds. The van der Waals surface area contributed by atoms with E-state index in [0.717, 1.165) is 5.56 Å². The van der Waals surface area contributed by atoms with Gasteiger partial charge in [0, 0.05) is 6.04 Å². The molecule has 0 fully saturated rings. The average Bonchev–Trinajstić information content (AvgIpc) is 2.37. The third-order valence-electron chi connectivity index (χ3n) is 3.20. The Bertz CT molecular complexity index is 632. The van der Waals surface area contributed by atoms with Crippen LogP contribution in [-0.2, 0) is 16.0 Å². The van der Waals surface area contributed by atoms with E-state index >= 15 is 0 Å². The molecule has 132 valence electrons. The Morgan fingerprint density at radius 1 is 1.21 bits per heavy atom. The van der Waals surface area contributed by atoms with Gasteiger partial charge in [-0.05, 0) is 57.4 Å². The molecule has 1 rings (SSSR count). The van der Waals surface area contributed by atoms with E-state index in [2.05, 4.69) is 5.32 Å². The van der Waals surface area contributed by atoms with Gasteiger partial charge in [-0.2, -0.15) is 0 Å². The number of amides is 1. The Balaban J connectivity index is 2.94. The summed E-state index contributed by atoms with van der Waals surface area (Å²) in [5.41, 5.74) is 0.900. The van der Waals surface area contributed by atoms with Crippen LogP contribution in [0, 0.1) is 6.92 Å². The van der Waals surface area contributed by atoms with Gasteiger partial charge in [-0.3, -0.25) is 4.79 Å². The maximum absolute atomic E-state index is 11.9. The molecule has 0 bridgehead atoms. The summed E-state index contributed by atoms with van der Waals surface area (Å²) in [6.07, 6.45) is -0.810. The van der Waals surface area contributed by atoms with Crippen LogP contribution in [0.5, 0.6) is 0 Å². The number of alkyl carbamates (subject to hydrolysis) is 1. The molecular weight excluding hydrogens is 314 g/mol. The molecule has 0 saturated carbocycles. The van der Waals surface area contributed by atoms with Crippen LogP contribution in [0.25, 0.3) is 0 Å². The number of hydrogen-bond donors (Lipinski definition) is 3. The van der Waals surface area contributed by atoms with E-state index in [4.69, 9.17) is 14.9 Å². The van der Waals surface area contributed by atoms with Gasteiger partial charge in [0.25, 0.3) is 0 Å². The number of ether oxygens (including phenoxy) is 1. The molecule has 7 nitrogen and oxygen atoms in total. The Morgan fingerprint density at radius 3 is 2.33 bits per heavy atom. The van der Waals surface area contributed by atoms with E-state index in [1.54, 1.807) is 33.8 Å². The summed E-state index contributed by atoms with van der Waals surface area (Å²) in [6, 6.07) is 3.92. The van der Waals surface area contributed by atoms with Crippen molar-refractivity contribution >= 4 is 18.0 Å². The highest BCUT2D eigenvalue weighted by Gasteiger charge is 2.22. The minimum Gasteiger partial charge on any atom is -0.481 e. The summed E-state index contributed by atoms with van der Waals surface area (Å²) in [6.45, 7) is 6.92. The number of hydrogen-bond acceptors (Lipinski definition) is 4. The SMILES string of the molecule is Cc1ccc(C(=O)O)cc1C[C@@H](CC(=O)O)NC(=O)OC(C)(C)C. The molecule has 0 radical (unpaired) electrons. The van der Waals surface area contributed by atoms with Gasteiger partial charge in [-0.25, -0.2) is 9.59 Å². The summed E-state index contributed by atoms with van der Waals surface area (Å²) >= 11 is 0. The summed E-state index contributed by atoms with van der Waals surface area (Å²) in [4.78, 5) is 34.0. The largest absolute Gasteiger partial charge is 0.481 e. The molecule has 7 heteroatoms. The first-order valence-electron chi connectivity index (χ1n) is 7.52. The third-order valence-corrected chi connectivity index (χ3v) is 3.20. The highest BCUT2D eigenvalue weighted by molar-refractivity contribution is 5.87.